The molecule has 1 saturated heterocycles. The number of aliphatic hydroxyl groups excluding tert-OH is 1. The van der Waals surface area contributed by atoms with Crippen LogP contribution in [-0.2, 0) is 9.53 Å². The minimum atomic E-state index is -0.637. The second kappa shape index (κ2) is 8.17. The molecular weight excluding hydrogens is 344 g/mol. The highest BCUT2D eigenvalue weighted by Gasteiger charge is 2.40. The molecule has 1 amide bonds. The third kappa shape index (κ3) is 4.31. The molecular formula is C17H26N2O3S2. The third-order valence-electron chi connectivity index (χ3n) is 5.11. The highest BCUT2D eigenvalue weighted by atomic mass is 32.2. The summed E-state index contributed by atoms with van der Waals surface area (Å²) in [6.45, 7) is 3.06. The molecule has 0 radical (unpaired) electrons. The topological polar surface area (TPSA) is 71.5 Å². The molecule has 5 nitrogen and oxygen atoms in total. The lowest BCUT2D eigenvalue weighted by Gasteiger charge is -2.36. The highest BCUT2D eigenvalue weighted by molar-refractivity contribution is 8.01. The number of thiazole rings is 1. The molecule has 1 saturated carbocycles. The van der Waals surface area contributed by atoms with Crippen LogP contribution >= 0.6 is 23.1 Å². The first kappa shape index (κ1) is 18.2. The smallest absolute Gasteiger partial charge is 0.228 e. The first-order valence-electron chi connectivity index (χ1n) is 8.70. The van der Waals surface area contributed by atoms with Gasteiger partial charge < -0.3 is 15.2 Å². The fourth-order valence-electron chi connectivity index (χ4n) is 3.41. The van der Waals surface area contributed by atoms with Crippen molar-refractivity contribution in [2.24, 2.45) is 5.41 Å². The van der Waals surface area contributed by atoms with Gasteiger partial charge in [0.1, 0.15) is 4.34 Å². The van der Waals surface area contributed by atoms with Crippen molar-refractivity contribution in [3.8, 4) is 0 Å². The fraction of sp³-hybridized carbons (Fsp3) is 0.765. The number of amides is 1. The average Bonchev–Trinajstić information content (AvgIpc) is 3.02. The van der Waals surface area contributed by atoms with Crippen LogP contribution in [0.15, 0.2) is 9.72 Å². The van der Waals surface area contributed by atoms with Gasteiger partial charge in [0.2, 0.25) is 5.91 Å². The van der Waals surface area contributed by atoms with Gasteiger partial charge >= 0.3 is 0 Å². The number of nitrogens with zero attached hydrogens (tertiary/aromatic N) is 1. The first-order valence-corrected chi connectivity index (χ1v) is 10.5. The molecule has 0 spiro atoms. The molecule has 7 heteroatoms. The van der Waals surface area contributed by atoms with Gasteiger partial charge in [0, 0.05) is 35.6 Å². The number of hydrogen-bond acceptors (Lipinski definition) is 6. The summed E-state index contributed by atoms with van der Waals surface area (Å²) < 4.78 is 6.49. The van der Waals surface area contributed by atoms with Gasteiger partial charge in [-0.25, -0.2) is 4.98 Å². The molecule has 1 aliphatic heterocycles. The zero-order valence-electron chi connectivity index (χ0n) is 14.1. The average molecular weight is 371 g/mol. The van der Waals surface area contributed by atoms with E-state index in [9.17, 15) is 9.90 Å². The highest BCUT2D eigenvalue weighted by Crippen LogP contribution is 2.36. The Bertz CT molecular complexity index is 550. The van der Waals surface area contributed by atoms with Gasteiger partial charge in [-0.05, 0) is 45.4 Å². The molecule has 134 valence electrons. The third-order valence-corrected chi connectivity index (χ3v) is 7.54. The normalized spacial score (nSPS) is 26.9. The maximum Gasteiger partial charge on any atom is 0.228 e. The van der Waals surface area contributed by atoms with E-state index < -0.39 is 5.41 Å². The molecule has 24 heavy (non-hydrogen) atoms. The van der Waals surface area contributed by atoms with E-state index in [1.165, 1.54) is 0 Å². The Labute approximate surface area is 151 Å². The van der Waals surface area contributed by atoms with Crippen molar-refractivity contribution < 1.29 is 14.6 Å². The van der Waals surface area contributed by atoms with Crippen LogP contribution in [-0.4, -0.2) is 47.1 Å². The van der Waals surface area contributed by atoms with Crippen LogP contribution in [0.1, 0.15) is 44.2 Å². The Morgan fingerprint density at radius 2 is 2.12 bits per heavy atom. The maximum atomic E-state index is 12.7. The monoisotopic (exact) mass is 370 g/mol. The number of ether oxygens (including phenoxy) is 1. The zero-order valence-corrected chi connectivity index (χ0v) is 15.8. The molecule has 0 aromatic carbocycles. The Balaban J connectivity index is 1.47. The molecule has 2 N–H and O–H groups in total. The molecule has 0 atom stereocenters. The van der Waals surface area contributed by atoms with E-state index in [-0.39, 0.29) is 18.6 Å². The van der Waals surface area contributed by atoms with Crippen LogP contribution in [0, 0.1) is 12.3 Å². The molecule has 2 aliphatic rings. The molecule has 1 aliphatic carbocycles. The standard InChI is InChI=1S/C17H26N2O3S2/c1-12-10-23-16(18-12)24-14-4-2-13(3-5-14)19-15(21)17(11-20)6-8-22-9-7-17/h10,13-14,20H,2-9,11H2,1H3,(H,19,21). The predicted octanol–water partition coefficient (Wildman–Crippen LogP) is 2.76. The van der Waals surface area contributed by atoms with Crippen LogP contribution < -0.4 is 5.32 Å². The van der Waals surface area contributed by atoms with E-state index in [0.717, 1.165) is 35.7 Å². The van der Waals surface area contributed by atoms with Gasteiger partial charge in [-0.15, -0.1) is 11.3 Å². The second-order valence-electron chi connectivity index (χ2n) is 6.87. The van der Waals surface area contributed by atoms with E-state index in [1.807, 2.05) is 18.7 Å². The van der Waals surface area contributed by atoms with Crippen molar-refractivity contribution in [2.45, 2.75) is 61.1 Å². The van der Waals surface area contributed by atoms with Crippen LogP contribution in [0.25, 0.3) is 0 Å². The Morgan fingerprint density at radius 3 is 2.71 bits per heavy atom. The second-order valence-corrected chi connectivity index (χ2v) is 9.28. The molecule has 2 fully saturated rings. The van der Waals surface area contributed by atoms with Crippen LogP contribution in [0.2, 0.25) is 0 Å². The number of rotatable bonds is 5. The van der Waals surface area contributed by atoms with Gasteiger partial charge in [0.15, 0.2) is 0 Å². The lowest BCUT2D eigenvalue weighted by Crippen LogP contribution is -2.50. The van der Waals surface area contributed by atoms with Crippen molar-refractivity contribution >= 4 is 29.0 Å². The van der Waals surface area contributed by atoms with Crippen LogP contribution in [0.4, 0.5) is 0 Å². The molecule has 3 rings (SSSR count). The largest absolute Gasteiger partial charge is 0.395 e. The lowest BCUT2D eigenvalue weighted by atomic mass is 9.79. The van der Waals surface area contributed by atoms with Crippen molar-refractivity contribution in [2.75, 3.05) is 19.8 Å². The van der Waals surface area contributed by atoms with E-state index in [0.29, 0.717) is 31.3 Å². The summed E-state index contributed by atoms with van der Waals surface area (Å²) in [4.78, 5) is 17.2. The van der Waals surface area contributed by atoms with Gasteiger partial charge in [-0.1, -0.05) is 11.8 Å². The van der Waals surface area contributed by atoms with Crippen molar-refractivity contribution in [1.82, 2.24) is 10.3 Å². The molecule has 1 aromatic rings. The van der Waals surface area contributed by atoms with Gasteiger partial charge in [-0.2, -0.15) is 0 Å². The summed E-state index contributed by atoms with van der Waals surface area (Å²) in [6.07, 6.45) is 5.44. The fourth-order valence-corrected chi connectivity index (χ4v) is 5.70. The SMILES string of the molecule is Cc1csc(SC2CCC(NC(=O)C3(CO)CCOCC3)CC2)n1. The summed E-state index contributed by atoms with van der Waals surface area (Å²) in [6, 6.07) is 0.235. The summed E-state index contributed by atoms with van der Waals surface area (Å²) in [5.74, 6) is 0.0138. The molecule has 2 heterocycles. The molecule has 1 aromatic heterocycles. The number of aryl methyl sites for hydroxylation is 1. The van der Waals surface area contributed by atoms with E-state index in [1.54, 1.807) is 11.3 Å². The van der Waals surface area contributed by atoms with E-state index >= 15 is 0 Å². The number of hydrogen-bond donors (Lipinski definition) is 2. The summed E-state index contributed by atoms with van der Waals surface area (Å²) >= 11 is 3.59. The quantitative estimate of drug-likeness (QED) is 0.834. The Kier molecular flexibility index (Phi) is 6.18. The number of carbonyl (C=O) groups excluding carboxylic acids is 1. The molecule has 0 unspecified atom stereocenters. The van der Waals surface area contributed by atoms with Gasteiger partial charge in [-0.3, -0.25) is 4.79 Å². The number of carbonyl (C=O) groups is 1. The maximum absolute atomic E-state index is 12.7. The zero-order chi connectivity index (χ0) is 17.0. The minimum absolute atomic E-state index is 0.0138. The van der Waals surface area contributed by atoms with Crippen molar-refractivity contribution in [3.63, 3.8) is 0 Å². The van der Waals surface area contributed by atoms with Crippen LogP contribution in [0.5, 0.6) is 0 Å². The number of nitrogens with one attached hydrogen (secondary N) is 1. The van der Waals surface area contributed by atoms with E-state index in [4.69, 9.17) is 4.74 Å². The Morgan fingerprint density at radius 1 is 1.42 bits per heavy atom. The predicted molar refractivity (Wildman–Crippen MR) is 96.5 cm³/mol. The van der Waals surface area contributed by atoms with Crippen molar-refractivity contribution in [1.29, 1.82) is 0 Å². The summed E-state index contributed by atoms with van der Waals surface area (Å²) in [7, 11) is 0. The van der Waals surface area contributed by atoms with E-state index in [2.05, 4.69) is 15.7 Å². The van der Waals surface area contributed by atoms with Gasteiger partial charge in [0.05, 0.1) is 12.0 Å². The summed E-state index contributed by atoms with van der Waals surface area (Å²) in [5, 5.41) is 15.6. The summed E-state index contributed by atoms with van der Waals surface area (Å²) in [5.41, 5.74) is 0.455. The number of thioether (sulfide) groups is 1. The number of aliphatic hydroxyl groups is 1. The van der Waals surface area contributed by atoms with Gasteiger partial charge in [0.25, 0.3) is 0 Å². The van der Waals surface area contributed by atoms with Crippen LogP contribution in [0.3, 0.4) is 0 Å². The lowest BCUT2D eigenvalue weighted by molar-refractivity contribution is -0.141. The Hall–Kier alpha value is -0.630. The first-order chi connectivity index (χ1) is 11.6. The van der Waals surface area contributed by atoms with Crippen molar-refractivity contribution in [3.05, 3.63) is 11.1 Å². The minimum Gasteiger partial charge on any atom is -0.395 e. The number of aromatic nitrogens is 1. The molecule has 0 bridgehead atoms.